The zero-order chi connectivity index (χ0) is 13.4. The van der Waals surface area contributed by atoms with Gasteiger partial charge in [0.05, 0.1) is 18.2 Å². The number of benzene rings is 1. The third-order valence-electron chi connectivity index (χ3n) is 3.77. The van der Waals surface area contributed by atoms with E-state index in [9.17, 15) is 9.59 Å². The Morgan fingerprint density at radius 2 is 1.89 bits per heavy atom. The summed E-state index contributed by atoms with van der Waals surface area (Å²) >= 11 is 5.92. The fourth-order valence-corrected chi connectivity index (χ4v) is 3.03. The minimum absolute atomic E-state index is 0.117. The lowest BCUT2D eigenvalue weighted by atomic mass is 10.2. The lowest BCUT2D eigenvalue weighted by Crippen LogP contribution is -2.40. The molecule has 1 aromatic rings. The number of amides is 2. The van der Waals surface area contributed by atoms with Gasteiger partial charge in [-0.1, -0.05) is 17.7 Å². The van der Waals surface area contributed by atoms with Gasteiger partial charge in [-0.05, 0) is 44.1 Å². The van der Waals surface area contributed by atoms with Crippen LogP contribution in [0.15, 0.2) is 24.3 Å². The number of carbonyl (C=O) groups excluding carboxylic acids is 2. The van der Waals surface area contributed by atoms with E-state index in [4.69, 9.17) is 11.6 Å². The molecule has 2 saturated heterocycles. The fourth-order valence-electron chi connectivity index (χ4n) is 2.84. The van der Waals surface area contributed by atoms with Crippen molar-refractivity contribution in [1.29, 1.82) is 0 Å². The third-order valence-corrected chi connectivity index (χ3v) is 4.01. The van der Waals surface area contributed by atoms with Crippen molar-refractivity contribution < 1.29 is 9.59 Å². The highest BCUT2D eigenvalue weighted by Crippen LogP contribution is 2.28. The van der Waals surface area contributed by atoms with Gasteiger partial charge in [0.2, 0.25) is 5.91 Å². The van der Waals surface area contributed by atoms with Crippen LogP contribution in [0.5, 0.6) is 0 Å². The maximum absolute atomic E-state index is 12.4. The van der Waals surface area contributed by atoms with Crippen molar-refractivity contribution in [1.82, 2.24) is 4.90 Å². The SMILES string of the molecule is O=C1C[C@H](N2CCCC2)C(=O)N1c1cccc(Cl)c1. The molecule has 4 nitrogen and oxygen atoms in total. The van der Waals surface area contributed by atoms with E-state index < -0.39 is 0 Å². The molecule has 0 aliphatic carbocycles. The molecule has 0 bridgehead atoms. The van der Waals surface area contributed by atoms with Crippen LogP contribution in [0, 0.1) is 0 Å². The van der Waals surface area contributed by atoms with E-state index in [2.05, 4.69) is 4.90 Å². The molecule has 2 aliphatic rings. The summed E-state index contributed by atoms with van der Waals surface area (Å²) in [6.07, 6.45) is 2.50. The molecule has 0 spiro atoms. The monoisotopic (exact) mass is 278 g/mol. The van der Waals surface area contributed by atoms with Crippen molar-refractivity contribution in [3.63, 3.8) is 0 Å². The van der Waals surface area contributed by atoms with Crippen LogP contribution >= 0.6 is 11.6 Å². The molecule has 100 valence electrons. The van der Waals surface area contributed by atoms with Crippen LogP contribution in [0.2, 0.25) is 5.02 Å². The summed E-state index contributed by atoms with van der Waals surface area (Å²) < 4.78 is 0. The molecule has 0 N–H and O–H groups in total. The van der Waals surface area contributed by atoms with E-state index in [1.54, 1.807) is 24.3 Å². The number of rotatable bonds is 2. The molecular formula is C14H15ClN2O2. The van der Waals surface area contributed by atoms with Gasteiger partial charge in [0.1, 0.15) is 0 Å². The average molecular weight is 279 g/mol. The van der Waals surface area contributed by atoms with Crippen LogP contribution in [-0.4, -0.2) is 35.8 Å². The van der Waals surface area contributed by atoms with Gasteiger partial charge in [-0.15, -0.1) is 0 Å². The van der Waals surface area contributed by atoms with E-state index in [1.165, 1.54) is 4.90 Å². The molecule has 2 aliphatic heterocycles. The number of anilines is 1. The van der Waals surface area contributed by atoms with Crippen LogP contribution in [0.1, 0.15) is 19.3 Å². The number of imide groups is 1. The highest BCUT2D eigenvalue weighted by atomic mass is 35.5. The minimum Gasteiger partial charge on any atom is -0.292 e. The molecule has 0 saturated carbocycles. The maximum atomic E-state index is 12.4. The van der Waals surface area contributed by atoms with Gasteiger partial charge in [-0.3, -0.25) is 14.5 Å². The second kappa shape index (κ2) is 4.94. The van der Waals surface area contributed by atoms with E-state index in [1.807, 2.05) is 0 Å². The van der Waals surface area contributed by atoms with Crippen LogP contribution < -0.4 is 4.90 Å². The van der Waals surface area contributed by atoms with Gasteiger partial charge in [-0.25, -0.2) is 4.90 Å². The van der Waals surface area contributed by atoms with E-state index in [0.29, 0.717) is 10.7 Å². The van der Waals surface area contributed by atoms with Crippen molar-refractivity contribution in [2.45, 2.75) is 25.3 Å². The largest absolute Gasteiger partial charge is 0.292 e. The number of likely N-dealkylation sites (tertiary alicyclic amines) is 1. The Balaban J connectivity index is 1.86. The Kier molecular flexibility index (Phi) is 3.29. The third kappa shape index (κ3) is 2.26. The molecule has 2 heterocycles. The normalized spacial score (nSPS) is 24.5. The lowest BCUT2D eigenvalue weighted by molar-refractivity contribution is -0.122. The summed E-state index contributed by atoms with van der Waals surface area (Å²) in [4.78, 5) is 27.9. The van der Waals surface area contributed by atoms with Crippen LogP contribution in [0.3, 0.4) is 0 Å². The second-order valence-corrected chi connectivity index (χ2v) is 5.45. The van der Waals surface area contributed by atoms with E-state index in [-0.39, 0.29) is 24.3 Å². The molecule has 5 heteroatoms. The quantitative estimate of drug-likeness (QED) is 0.778. The van der Waals surface area contributed by atoms with Gasteiger partial charge in [-0.2, -0.15) is 0 Å². The Morgan fingerprint density at radius 1 is 1.16 bits per heavy atom. The lowest BCUT2D eigenvalue weighted by Gasteiger charge is -2.21. The number of hydrogen-bond acceptors (Lipinski definition) is 3. The highest BCUT2D eigenvalue weighted by Gasteiger charge is 2.43. The molecule has 0 unspecified atom stereocenters. The first-order chi connectivity index (χ1) is 9.16. The summed E-state index contributed by atoms with van der Waals surface area (Å²) in [7, 11) is 0. The molecule has 0 aromatic heterocycles. The highest BCUT2D eigenvalue weighted by molar-refractivity contribution is 6.31. The maximum Gasteiger partial charge on any atom is 0.251 e. The summed E-state index contributed by atoms with van der Waals surface area (Å²) in [5.74, 6) is -0.252. The molecule has 1 atom stereocenters. The predicted molar refractivity (Wildman–Crippen MR) is 73.2 cm³/mol. The van der Waals surface area contributed by atoms with Crippen LogP contribution in [-0.2, 0) is 9.59 Å². The minimum atomic E-state index is -0.283. The van der Waals surface area contributed by atoms with Crippen LogP contribution in [0.4, 0.5) is 5.69 Å². The van der Waals surface area contributed by atoms with Gasteiger partial charge in [0, 0.05) is 5.02 Å². The first-order valence-corrected chi connectivity index (χ1v) is 6.91. The smallest absolute Gasteiger partial charge is 0.251 e. The zero-order valence-electron chi connectivity index (χ0n) is 10.5. The van der Waals surface area contributed by atoms with Crippen molar-refractivity contribution in [3.05, 3.63) is 29.3 Å². The Hall–Kier alpha value is -1.39. The standard InChI is InChI=1S/C14H15ClN2O2/c15-10-4-3-5-11(8-10)17-13(18)9-12(14(17)19)16-6-1-2-7-16/h3-5,8,12H,1-2,6-7,9H2/t12-/m0/s1. The van der Waals surface area contributed by atoms with E-state index >= 15 is 0 Å². The zero-order valence-corrected chi connectivity index (χ0v) is 11.3. The second-order valence-electron chi connectivity index (χ2n) is 5.01. The molecule has 3 rings (SSSR count). The molecule has 2 fully saturated rings. The van der Waals surface area contributed by atoms with Gasteiger partial charge in [0.15, 0.2) is 0 Å². The number of halogens is 1. The molecule has 0 radical (unpaired) electrons. The first kappa shape index (κ1) is 12.6. The van der Waals surface area contributed by atoms with Gasteiger partial charge < -0.3 is 0 Å². The summed E-state index contributed by atoms with van der Waals surface area (Å²) in [6.45, 7) is 1.82. The first-order valence-electron chi connectivity index (χ1n) is 6.53. The predicted octanol–water partition coefficient (Wildman–Crippen LogP) is 2.07. The molecule has 19 heavy (non-hydrogen) atoms. The van der Waals surface area contributed by atoms with Gasteiger partial charge >= 0.3 is 0 Å². The number of nitrogens with zero attached hydrogens (tertiary/aromatic N) is 2. The summed E-state index contributed by atoms with van der Waals surface area (Å²) in [6, 6.07) is 6.60. The molecular weight excluding hydrogens is 264 g/mol. The molecule has 1 aromatic carbocycles. The Bertz CT molecular complexity index is 526. The summed E-state index contributed by atoms with van der Waals surface area (Å²) in [5, 5.41) is 0.530. The van der Waals surface area contributed by atoms with Crippen molar-refractivity contribution >= 4 is 29.1 Å². The van der Waals surface area contributed by atoms with Gasteiger partial charge in [0.25, 0.3) is 5.91 Å². The van der Waals surface area contributed by atoms with Crippen molar-refractivity contribution in [2.24, 2.45) is 0 Å². The Labute approximate surface area is 116 Å². The molecule has 2 amide bonds. The van der Waals surface area contributed by atoms with Crippen molar-refractivity contribution in [3.8, 4) is 0 Å². The Morgan fingerprint density at radius 3 is 2.58 bits per heavy atom. The summed E-state index contributed by atoms with van der Waals surface area (Å²) in [5.41, 5.74) is 0.573. The average Bonchev–Trinajstić information content (AvgIpc) is 2.97. The fraction of sp³-hybridized carbons (Fsp3) is 0.429. The number of carbonyl (C=O) groups is 2. The van der Waals surface area contributed by atoms with Crippen LogP contribution in [0.25, 0.3) is 0 Å². The van der Waals surface area contributed by atoms with Crippen molar-refractivity contribution in [2.75, 3.05) is 18.0 Å². The topological polar surface area (TPSA) is 40.6 Å². The van der Waals surface area contributed by atoms with E-state index in [0.717, 1.165) is 25.9 Å². The number of hydrogen-bond donors (Lipinski definition) is 0.